The maximum absolute atomic E-state index is 11.2. The van der Waals surface area contributed by atoms with Crippen molar-refractivity contribution in [2.75, 3.05) is 32.8 Å². The number of morpholine rings is 1. The standard InChI is InChI=1S/C11H19N4O7P/c1-9-12-6-11(15(16)17)14(9)8-10(22-23(18,19)20)7-13-2-4-21-5-3-13/h6,10H,2-5,7-8H2,1H3,(H2,18,19,20)/t10-/m0/s1. The molecule has 23 heavy (non-hydrogen) atoms. The van der Waals surface area contributed by atoms with Gasteiger partial charge in [0.1, 0.15) is 18.8 Å². The van der Waals surface area contributed by atoms with Gasteiger partial charge in [-0.15, -0.1) is 0 Å². The van der Waals surface area contributed by atoms with Gasteiger partial charge < -0.3 is 24.6 Å². The number of aryl methyl sites for hydroxylation is 1. The van der Waals surface area contributed by atoms with Gasteiger partial charge in [-0.05, 0) is 4.92 Å². The Hall–Kier alpha value is -1.36. The minimum Gasteiger partial charge on any atom is -0.379 e. The Balaban J connectivity index is 2.15. The molecule has 2 rings (SSSR count). The van der Waals surface area contributed by atoms with Crippen molar-refractivity contribution in [2.24, 2.45) is 0 Å². The Morgan fingerprint density at radius 3 is 2.70 bits per heavy atom. The summed E-state index contributed by atoms with van der Waals surface area (Å²) in [6.07, 6.45) is 0.194. The number of hydrogen-bond donors (Lipinski definition) is 2. The molecule has 1 aliphatic heterocycles. The second-order valence-electron chi connectivity index (χ2n) is 5.16. The number of phosphoric ester groups is 1. The van der Waals surface area contributed by atoms with Crippen molar-refractivity contribution in [3.05, 3.63) is 22.1 Å². The van der Waals surface area contributed by atoms with Crippen LogP contribution < -0.4 is 0 Å². The van der Waals surface area contributed by atoms with Crippen LogP contribution in [0.4, 0.5) is 5.82 Å². The Kier molecular flexibility index (Phi) is 5.84. The van der Waals surface area contributed by atoms with Gasteiger partial charge in [0.2, 0.25) is 0 Å². The highest BCUT2D eigenvalue weighted by molar-refractivity contribution is 7.46. The lowest BCUT2D eigenvalue weighted by atomic mass is 10.3. The highest BCUT2D eigenvalue weighted by atomic mass is 31.2. The van der Waals surface area contributed by atoms with Crippen molar-refractivity contribution in [2.45, 2.75) is 19.6 Å². The van der Waals surface area contributed by atoms with Gasteiger partial charge in [-0.25, -0.2) is 14.1 Å². The largest absolute Gasteiger partial charge is 0.470 e. The molecule has 12 heteroatoms. The molecule has 1 aromatic heterocycles. The molecule has 2 heterocycles. The van der Waals surface area contributed by atoms with Gasteiger partial charge in [0, 0.05) is 26.6 Å². The second kappa shape index (κ2) is 7.47. The van der Waals surface area contributed by atoms with Gasteiger partial charge in [0.05, 0.1) is 13.2 Å². The monoisotopic (exact) mass is 350 g/mol. The fraction of sp³-hybridized carbons (Fsp3) is 0.727. The predicted octanol–water partition coefficient (Wildman–Crippen LogP) is -0.0902. The van der Waals surface area contributed by atoms with E-state index in [1.165, 1.54) is 4.57 Å². The van der Waals surface area contributed by atoms with E-state index in [1.807, 2.05) is 4.90 Å². The summed E-state index contributed by atoms with van der Waals surface area (Å²) in [7, 11) is -4.72. The van der Waals surface area contributed by atoms with E-state index in [-0.39, 0.29) is 18.9 Å². The summed E-state index contributed by atoms with van der Waals surface area (Å²) in [5.41, 5.74) is 0. The summed E-state index contributed by atoms with van der Waals surface area (Å²) in [6.45, 7) is 3.97. The SMILES string of the molecule is Cc1ncc([N+](=O)[O-])n1C[C@H](CN1CCOCC1)OP(=O)(O)O. The third-order valence-corrected chi connectivity index (χ3v) is 4.03. The summed E-state index contributed by atoms with van der Waals surface area (Å²) >= 11 is 0. The Bertz CT molecular complexity index is 595. The lowest BCUT2D eigenvalue weighted by Crippen LogP contribution is -2.42. The molecule has 0 radical (unpaired) electrons. The molecule has 0 saturated carbocycles. The minimum absolute atomic E-state index is 0.0788. The van der Waals surface area contributed by atoms with E-state index in [4.69, 9.17) is 19.0 Å². The Labute approximate surface area is 132 Å². The molecule has 0 spiro atoms. The molecule has 0 amide bonds. The summed E-state index contributed by atoms with van der Waals surface area (Å²) in [4.78, 5) is 34.4. The van der Waals surface area contributed by atoms with Crippen LogP contribution in [0.25, 0.3) is 0 Å². The molecule has 1 aliphatic rings. The van der Waals surface area contributed by atoms with Crippen LogP contribution in [-0.4, -0.2) is 68.1 Å². The van der Waals surface area contributed by atoms with Gasteiger partial charge in [-0.2, -0.15) is 0 Å². The van der Waals surface area contributed by atoms with Crippen LogP contribution in [0.2, 0.25) is 0 Å². The fourth-order valence-corrected chi connectivity index (χ4v) is 2.94. The molecule has 2 N–H and O–H groups in total. The smallest absolute Gasteiger partial charge is 0.379 e. The first kappa shape index (κ1) is 18.0. The third-order valence-electron chi connectivity index (χ3n) is 3.46. The number of aromatic nitrogens is 2. The molecular weight excluding hydrogens is 331 g/mol. The van der Waals surface area contributed by atoms with Gasteiger partial charge >= 0.3 is 13.6 Å². The molecule has 11 nitrogen and oxygen atoms in total. The van der Waals surface area contributed by atoms with Crippen molar-refractivity contribution in [1.82, 2.24) is 14.5 Å². The summed E-state index contributed by atoms with van der Waals surface area (Å²) in [5, 5.41) is 11.0. The zero-order valence-electron chi connectivity index (χ0n) is 12.6. The van der Waals surface area contributed by atoms with E-state index in [1.54, 1.807) is 6.92 Å². The summed E-state index contributed by atoms with van der Waals surface area (Å²) in [6, 6.07) is 0. The second-order valence-corrected chi connectivity index (χ2v) is 6.35. The number of nitrogens with zero attached hydrogens (tertiary/aromatic N) is 4. The van der Waals surface area contributed by atoms with E-state index < -0.39 is 18.8 Å². The van der Waals surface area contributed by atoms with Crippen molar-refractivity contribution in [3.63, 3.8) is 0 Å². The Morgan fingerprint density at radius 2 is 2.13 bits per heavy atom. The quantitative estimate of drug-likeness (QED) is 0.392. The predicted molar refractivity (Wildman–Crippen MR) is 77.8 cm³/mol. The van der Waals surface area contributed by atoms with E-state index in [0.717, 1.165) is 6.20 Å². The molecule has 0 aromatic carbocycles. The number of hydrogen-bond acceptors (Lipinski definition) is 7. The number of ether oxygens (including phenoxy) is 1. The zero-order valence-corrected chi connectivity index (χ0v) is 13.5. The molecule has 1 fully saturated rings. The molecule has 0 aliphatic carbocycles. The lowest BCUT2D eigenvalue weighted by molar-refractivity contribution is -0.392. The summed E-state index contributed by atoms with van der Waals surface area (Å²) in [5.74, 6) is 0.127. The van der Waals surface area contributed by atoms with Crippen molar-refractivity contribution >= 4 is 13.6 Å². The van der Waals surface area contributed by atoms with E-state index in [0.29, 0.717) is 32.1 Å². The van der Waals surface area contributed by atoms with Crippen molar-refractivity contribution in [1.29, 1.82) is 0 Å². The van der Waals surface area contributed by atoms with Crippen LogP contribution in [-0.2, 0) is 20.4 Å². The highest BCUT2D eigenvalue weighted by Crippen LogP contribution is 2.38. The highest BCUT2D eigenvalue weighted by Gasteiger charge is 2.29. The van der Waals surface area contributed by atoms with E-state index in [2.05, 4.69) is 4.98 Å². The number of imidazole rings is 1. The fourth-order valence-electron chi connectivity index (χ4n) is 2.42. The van der Waals surface area contributed by atoms with Crippen LogP contribution in [0.15, 0.2) is 6.20 Å². The molecule has 0 unspecified atom stereocenters. The van der Waals surface area contributed by atoms with Gasteiger partial charge in [-0.3, -0.25) is 9.42 Å². The first-order valence-electron chi connectivity index (χ1n) is 6.97. The molecule has 1 aromatic rings. The molecule has 0 bridgehead atoms. The molecular formula is C11H19N4O7P. The first-order valence-corrected chi connectivity index (χ1v) is 8.50. The van der Waals surface area contributed by atoms with Crippen molar-refractivity contribution in [3.8, 4) is 0 Å². The van der Waals surface area contributed by atoms with E-state index in [9.17, 15) is 14.7 Å². The average Bonchev–Trinajstić information content (AvgIpc) is 2.79. The third kappa shape index (κ3) is 5.34. The van der Waals surface area contributed by atoms with Crippen LogP contribution in [0.3, 0.4) is 0 Å². The van der Waals surface area contributed by atoms with Gasteiger partial charge in [0.15, 0.2) is 5.82 Å². The normalized spacial score (nSPS) is 18.0. The number of phosphoric acid groups is 1. The number of nitro groups is 1. The lowest BCUT2D eigenvalue weighted by Gasteiger charge is -2.29. The van der Waals surface area contributed by atoms with Crippen LogP contribution in [0.1, 0.15) is 5.82 Å². The number of rotatable bonds is 7. The first-order chi connectivity index (χ1) is 10.8. The van der Waals surface area contributed by atoms with Crippen molar-refractivity contribution < 1.29 is 28.5 Å². The van der Waals surface area contributed by atoms with Gasteiger partial charge in [0.25, 0.3) is 0 Å². The van der Waals surface area contributed by atoms with Gasteiger partial charge in [-0.1, -0.05) is 0 Å². The van der Waals surface area contributed by atoms with E-state index >= 15 is 0 Å². The maximum Gasteiger partial charge on any atom is 0.470 e. The minimum atomic E-state index is -4.72. The topological polar surface area (TPSA) is 140 Å². The van der Waals surface area contributed by atoms with Crippen LogP contribution in [0.5, 0.6) is 0 Å². The maximum atomic E-state index is 11.2. The Morgan fingerprint density at radius 1 is 1.48 bits per heavy atom. The molecule has 1 atom stereocenters. The average molecular weight is 350 g/mol. The summed E-state index contributed by atoms with van der Waals surface area (Å²) < 4.78 is 22.5. The zero-order chi connectivity index (χ0) is 17.0. The van der Waals surface area contributed by atoms with Crippen LogP contribution >= 0.6 is 7.82 Å². The molecule has 130 valence electrons. The molecule has 1 saturated heterocycles. The van der Waals surface area contributed by atoms with Crippen LogP contribution in [0, 0.1) is 17.0 Å².